The summed E-state index contributed by atoms with van der Waals surface area (Å²) in [6.45, 7) is 2.80. The second-order valence-electron chi connectivity index (χ2n) is 8.19. The number of rotatable bonds is 4. The number of benzene rings is 1. The molecule has 3 aliphatic rings. The maximum atomic E-state index is 8.83. The Morgan fingerprint density at radius 1 is 1.23 bits per heavy atom. The summed E-state index contributed by atoms with van der Waals surface area (Å²) in [4.78, 5) is 15.8. The molecule has 35 heavy (non-hydrogen) atoms. The van der Waals surface area contributed by atoms with Crippen LogP contribution in [0.25, 0.3) is 5.57 Å². The first-order valence-electron chi connectivity index (χ1n) is 11.3. The SMILES string of the molecule is N=C1C=CC(c2ccnc(Nc3cccc(N)c3)n2)=C/C1=C(/[OH2+])C1C=CNC(N2CCOCC2)=N1. The van der Waals surface area contributed by atoms with Crippen LogP contribution in [0.3, 0.4) is 0 Å². The molecule has 0 spiro atoms. The van der Waals surface area contributed by atoms with Gasteiger partial charge in [-0.3, -0.25) is 5.41 Å². The van der Waals surface area contributed by atoms with Gasteiger partial charge in [-0.2, -0.15) is 0 Å². The first-order chi connectivity index (χ1) is 17.1. The van der Waals surface area contributed by atoms with Crippen molar-refractivity contribution in [3.63, 3.8) is 0 Å². The van der Waals surface area contributed by atoms with Gasteiger partial charge in [0.2, 0.25) is 5.95 Å². The van der Waals surface area contributed by atoms with E-state index in [1.165, 1.54) is 0 Å². The number of nitrogens with zero attached hydrogens (tertiary/aromatic N) is 4. The fourth-order valence-corrected chi connectivity index (χ4v) is 3.95. The topological polar surface area (TPSA) is 147 Å². The van der Waals surface area contributed by atoms with E-state index in [2.05, 4.69) is 25.5 Å². The molecule has 0 amide bonds. The van der Waals surface area contributed by atoms with Gasteiger partial charge in [0.1, 0.15) is 0 Å². The first-order valence-corrected chi connectivity index (χ1v) is 11.3. The summed E-state index contributed by atoms with van der Waals surface area (Å²) in [6.07, 6.45) is 10.6. The minimum atomic E-state index is -0.486. The van der Waals surface area contributed by atoms with Crippen molar-refractivity contribution in [3.05, 3.63) is 84.1 Å². The molecule has 178 valence electrons. The number of nitrogens with two attached hydrogens (primary N) is 1. The van der Waals surface area contributed by atoms with Crippen LogP contribution in [0.5, 0.6) is 0 Å². The third-order valence-corrected chi connectivity index (χ3v) is 5.76. The number of hydrogen-bond acceptors (Lipinski definition) is 9. The van der Waals surface area contributed by atoms with E-state index in [4.69, 9.17) is 26.0 Å². The Bertz CT molecular complexity index is 1290. The summed E-state index contributed by atoms with van der Waals surface area (Å²) >= 11 is 0. The van der Waals surface area contributed by atoms with Gasteiger partial charge >= 0.3 is 0 Å². The molecule has 2 aromatic rings. The van der Waals surface area contributed by atoms with Crippen LogP contribution in [-0.2, 0) is 4.74 Å². The summed E-state index contributed by atoms with van der Waals surface area (Å²) in [5.41, 5.74) is 9.53. The van der Waals surface area contributed by atoms with Crippen LogP contribution >= 0.6 is 0 Å². The van der Waals surface area contributed by atoms with Crippen LogP contribution in [0, 0.1) is 5.41 Å². The zero-order valence-electron chi connectivity index (χ0n) is 19.0. The van der Waals surface area contributed by atoms with Gasteiger partial charge in [0, 0.05) is 42.4 Å². The highest BCUT2D eigenvalue weighted by Crippen LogP contribution is 2.26. The molecule has 1 atom stereocenters. The summed E-state index contributed by atoms with van der Waals surface area (Å²) in [5, 5.41) is 23.6. The van der Waals surface area contributed by atoms with Crippen LogP contribution in [0.2, 0.25) is 0 Å². The van der Waals surface area contributed by atoms with Crippen LogP contribution in [-0.4, -0.2) is 64.0 Å². The van der Waals surface area contributed by atoms with Crippen LogP contribution in [0.4, 0.5) is 17.3 Å². The van der Waals surface area contributed by atoms with E-state index in [9.17, 15) is 0 Å². The number of morpholine rings is 1. The average Bonchev–Trinajstić information content (AvgIpc) is 2.89. The molecule has 10 heteroatoms. The molecular formula is C25H27N8O2+. The number of guanidine groups is 1. The van der Waals surface area contributed by atoms with Gasteiger partial charge in [0.25, 0.3) is 5.76 Å². The lowest BCUT2D eigenvalue weighted by Gasteiger charge is -2.31. The normalized spacial score (nSPS) is 21.2. The Balaban J connectivity index is 1.41. The largest absolute Gasteiger partial charge is 0.594 e. The predicted molar refractivity (Wildman–Crippen MR) is 138 cm³/mol. The number of anilines is 3. The number of hydrogen-bond donors (Lipinski definition) is 4. The van der Waals surface area contributed by atoms with Gasteiger partial charge in [-0.25, -0.2) is 15.0 Å². The molecule has 2 aliphatic heterocycles. The van der Waals surface area contributed by atoms with Crippen molar-refractivity contribution in [2.24, 2.45) is 4.99 Å². The molecule has 10 nitrogen and oxygen atoms in total. The number of nitrogen functional groups attached to an aromatic ring is 1. The van der Waals surface area contributed by atoms with Crippen molar-refractivity contribution in [1.82, 2.24) is 20.2 Å². The van der Waals surface area contributed by atoms with E-state index < -0.39 is 6.04 Å². The van der Waals surface area contributed by atoms with Gasteiger partial charge in [-0.05, 0) is 42.5 Å². The number of aromatic nitrogens is 2. The second-order valence-corrected chi connectivity index (χ2v) is 8.19. The minimum Gasteiger partial charge on any atom is -0.594 e. The Kier molecular flexibility index (Phi) is 6.27. The van der Waals surface area contributed by atoms with Crippen molar-refractivity contribution >= 4 is 34.6 Å². The van der Waals surface area contributed by atoms with Crippen molar-refractivity contribution in [1.29, 1.82) is 5.41 Å². The van der Waals surface area contributed by atoms with E-state index in [0.717, 1.165) is 30.3 Å². The molecule has 1 aromatic heterocycles. The van der Waals surface area contributed by atoms with Gasteiger partial charge in [-0.15, -0.1) is 0 Å². The Morgan fingerprint density at radius 2 is 2.09 bits per heavy atom. The molecular weight excluding hydrogens is 444 g/mol. The number of ether oxygens (including phenoxy) is 1. The quantitative estimate of drug-likeness (QED) is 0.303. The van der Waals surface area contributed by atoms with Gasteiger partial charge in [-0.1, -0.05) is 12.1 Å². The van der Waals surface area contributed by atoms with E-state index in [1.807, 2.05) is 48.7 Å². The van der Waals surface area contributed by atoms with Crippen molar-refractivity contribution in [2.45, 2.75) is 6.04 Å². The lowest BCUT2D eigenvalue weighted by atomic mass is 9.95. The Morgan fingerprint density at radius 3 is 2.91 bits per heavy atom. The highest BCUT2D eigenvalue weighted by Gasteiger charge is 2.27. The predicted octanol–water partition coefficient (Wildman–Crippen LogP) is 1.93. The molecule has 1 saturated heterocycles. The maximum Gasteiger partial charge on any atom is 0.267 e. The third kappa shape index (κ3) is 5.07. The smallest absolute Gasteiger partial charge is 0.267 e. The van der Waals surface area contributed by atoms with E-state index in [0.29, 0.717) is 36.1 Å². The number of allylic oxidation sites excluding steroid dienone is 5. The monoisotopic (exact) mass is 471 g/mol. The minimum absolute atomic E-state index is 0.257. The molecule has 1 fully saturated rings. The number of nitrogens with one attached hydrogen (secondary N) is 3. The summed E-state index contributed by atoms with van der Waals surface area (Å²) < 4.78 is 5.42. The fourth-order valence-electron chi connectivity index (χ4n) is 3.95. The van der Waals surface area contributed by atoms with E-state index in [-0.39, 0.29) is 11.5 Å². The molecule has 7 N–H and O–H groups in total. The van der Waals surface area contributed by atoms with Crippen molar-refractivity contribution in [2.75, 3.05) is 37.4 Å². The van der Waals surface area contributed by atoms with Gasteiger partial charge in [0.05, 0.1) is 30.2 Å². The standard InChI is InChI=1S/C25H26N8O2/c26-17-2-1-3-18(15-17)30-24-28-8-6-21(31-24)16-4-5-20(27)19(14-16)23(34)22-7-9-29-25(32-22)33-10-12-35-13-11-33/h1-9,14-15,22,27,34H,10-13,26H2,(H,29,32)(H,28,30,31)/p+1/b23-19-,27-20?. The van der Waals surface area contributed by atoms with E-state index in [1.54, 1.807) is 18.3 Å². The highest BCUT2D eigenvalue weighted by atomic mass is 16.5. The van der Waals surface area contributed by atoms with Crippen LogP contribution in [0.1, 0.15) is 5.69 Å². The van der Waals surface area contributed by atoms with Crippen LogP contribution < -0.4 is 16.4 Å². The Hall–Kier alpha value is -4.44. The van der Waals surface area contributed by atoms with E-state index >= 15 is 0 Å². The van der Waals surface area contributed by atoms with Crippen LogP contribution in [0.15, 0.2) is 83.4 Å². The van der Waals surface area contributed by atoms with Crippen molar-refractivity contribution in [3.8, 4) is 0 Å². The van der Waals surface area contributed by atoms with Gasteiger partial charge in [0.15, 0.2) is 12.0 Å². The average molecular weight is 472 g/mol. The maximum absolute atomic E-state index is 8.83. The molecule has 1 aromatic carbocycles. The lowest BCUT2D eigenvalue weighted by molar-refractivity contribution is 0.0666. The highest BCUT2D eigenvalue weighted by molar-refractivity contribution is 6.13. The zero-order chi connectivity index (χ0) is 24.2. The summed E-state index contributed by atoms with van der Waals surface area (Å²) in [5.74, 6) is 1.41. The summed E-state index contributed by atoms with van der Waals surface area (Å²) in [7, 11) is 0. The van der Waals surface area contributed by atoms with Crippen molar-refractivity contribution < 1.29 is 9.84 Å². The molecule has 1 aliphatic carbocycles. The molecule has 1 unspecified atom stereocenters. The molecule has 5 rings (SSSR count). The first kappa shape index (κ1) is 22.4. The molecule has 3 heterocycles. The zero-order valence-corrected chi connectivity index (χ0v) is 19.0. The second kappa shape index (κ2) is 9.82. The fraction of sp³-hybridized carbons (Fsp3) is 0.200. The molecule has 0 bridgehead atoms. The summed E-state index contributed by atoms with van der Waals surface area (Å²) in [6, 6.07) is 8.68. The third-order valence-electron chi connectivity index (χ3n) is 5.76. The lowest BCUT2D eigenvalue weighted by Crippen LogP contribution is -2.47. The molecule has 0 saturated carbocycles. The Labute approximate surface area is 202 Å². The molecule has 0 radical (unpaired) electrons. The number of aliphatic imine (C=N–C) groups is 1. The van der Waals surface area contributed by atoms with Gasteiger partial charge < -0.3 is 31.1 Å².